The van der Waals surface area contributed by atoms with Gasteiger partial charge in [0.15, 0.2) is 0 Å². The van der Waals surface area contributed by atoms with Gasteiger partial charge in [0.2, 0.25) is 0 Å². The van der Waals surface area contributed by atoms with E-state index in [0.717, 1.165) is 5.92 Å². The van der Waals surface area contributed by atoms with Crippen LogP contribution >= 0.6 is 24.4 Å². The molecule has 14 heavy (non-hydrogen) atoms. The van der Waals surface area contributed by atoms with Crippen LogP contribution in [0.1, 0.15) is 32.1 Å². The normalized spacial score (nSPS) is 35.1. The van der Waals surface area contributed by atoms with E-state index >= 15 is 0 Å². The first-order valence-corrected chi connectivity index (χ1v) is 5.95. The summed E-state index contributed by atoms with van der Waals surface area (Å²) in [6.45, 7) is 0. The average Bonchev–Trinajstić information content (AvgIpc) is 2.61. The van der Waals surface area contributed by atoms with Crippen LogP contribution in [0.15, 0.2) is 0 Å². The van der Waals surface area contributed by atoms with E-state index in [1.807, 2.05) is 0 Å². The van der Waals surface area contributed by atoms with Crippen molar-refractivity contribution in [3.8, 4) is 0 Å². The third-order valence-corrected chi connectivity index (χ3v) is 4.45. The quantitative estimate of drug-likeness (QED) is 0.723. The van der Waals surface area contributed by atoms with Gasteiger partial charge in [0.25, 0.3) is 0 Å². The third-order valence-electron chi connectivity index (χ3n) is 3.98. The van der Waals surface area contributed by atoms with Crippen LogP contribution in [0.3, 0.4) is 0 Å². The van der Waals surface area contributed by atoms with Gasteiger partial charge in [-0.1, -0.05) is 24.4 Å². The monoisotopic (exact) mass is 228 g/mol. The second kappa shape index (κ2) is 3.42. The summed E-state index contributed by atoms with van der Waals surface area (Å²) >= 11 is 10.2. The largest absolute Gasteiger partial charge is 0.393 e. The van der Waals surface area contributed by atoms with Crippen LogP contribution in [0.5, 0.6) is 0 Å². The molecule has 0 aliphatic heterocycles. The topological polar surface area (TPSA) is 52.0 Å². The lowest BCUT2D eigenvalue weighted by Gasteiger charge is -2.34. The van der Waals surface area contributed by atoms with Gasteiger partial charge in [0.05, 0.1) is 15.9 Å². The van der Waals surface area contributed by atoms with Crippen LogP contribution < -0.4 is 11.5 Å². The second-order valence-corrected chi connectivity index (χ2v) is 5.69. The Kier molecular flexibility index (Phi) is 2.52. The van der Waals surface area contributed by atoms with Gasteiger partial charge in [-0.15, -0.1) is 0 Å². The summed E-state index contributed by atoms with van der Waals surface area (Å²) in [6.07, 6.45) is 6.25. The molecule has 78 valence electrons. The van der Waals surface area contributed by atoms with Crippen molar-refractivity contribution in [2.24, 2.45) is 28.7 Å². The number of hydrogen-bond donors (Lipinski definition) is 2. The Balaban J connectivity index is 2.26. The zero-order valence-electron chi connectivity index (χ0n) is 8.16. The van der Waals surface area contributed by atoms with E-state index in [1.165, 1.54) is 32.1 Å². The van der Waals surface area contributed by atoms with Crippen LogP contribution in [0, 0.1) is 17.3 Å². The summed E-state index contributed by atoms with van der Waals surface area (Å²) in [6, 6.07) is 0. The van der Waals surface area contributed by atoms with Crippen molar-refractivity contribution < 1.29 is 0 Å². The molecule has 0 atom stereocenters. The maximum absolute atomic E-state index is 5.76. The summed E-state index contributed by atoms with van der Waals surface area (Å²) in [7, 11) is 0. The van der Waals surface area contributed by atoms with E-state index < -0.39 is 0 Å². The minimum atomic E-state index is -0.000000000000000666. The van der Waals surface area contributed by atoms with Crippen LogP contribution in [-0.4, -0.2) is 9.98 Å². The zero-order chi connectivity index (χ0) is 10.3. The maximum Gasteiger partial charge on any atom is 0.0832 e. The van der Waals surface area contributed by atoms with Crippen molar-refractivity contribution in [3.05, 3.63) is 0 Å². The SMILES string of the molecule is NC(=S)C(C(N)=S)C12CCC(CC1)C2. The van der Waals surface area contributed by atoms with Crippen molar-refractivity contribution in [3.63, 3.8) is 0 Å². The van der Waals surface area contributed by atoms with E-state index in [2.05, 4.69) is 0 Å². The molecule has 0 amide bonds. The molecule has 0 aromatic carbocycles. The van der Waals surface area contributed by atoms with E-state index in [0.29, 0.717) is 9.98 Å². The summed E-state index contributed by atoms with van der Waals surface area (Å²) in [4.78, 5) is 1.00. The molecule has 2 aliphatic rings. The number of fused-ring (bicyclic) bond motifs is 2. The molecule has 0 radical (unpaired) electrons. The fourth-order valence-electron chi connectivity index (χ4n) is 3.39. The first kappa shape index (κ1) is 10.3. The van der Waals surface area contributed by atoms with Crippen molar-refractivity contribution in [2.75, 3.05) is 0 Å². The highest BCUT2D eigenvalue weighted by Crippen LogP contribution is 2.58. The summed E-state index contributed by atoms with van der Waals surface area (Å²) in [5.74, 6) is 0.876. The predicted octanol–water partition coefficient (Wildman–Crippen LogP) is 1.76. The Hall–Kier alpha value is -0.220. The lowest BCUT2D eigenvalue weighted by Crippen LogP contribution is -2.43. The Morgan fingerprint density at radius 1 is 1.14 bits per heavy atom. The molecule has 0 saturated heterocycles. The third kappa shape index (κ3) is 1.44. The fourth-order valence-corrected chi connectivity index (χ4v) is 4.21. The van der Waals surface area contributed by atoms with E-state index in [9.17, 15) is 0 Å². The van der Waals surface area contributed by atoms with E-state index in [1.54, 1.807) is 0 Å². The van der Waals surface area contributed by atoms with Crippen molar-refractivity contribution in [1.82, 2.24) is 0 Å². The highest BCUT2D eigenvalue weighted by molar-refractivity contribution is 7.82. The average molecular weight is 228 g/mol. The van der Waals surface area contributed by atoms with Gasteiger partial charge in [-0.3, -0.25) is 0 Å². The zero-order valence-corrected chi connectivity index (χ0v) is 9.79. The Morgan fingerprint density at radius 2 is 1.64 bits per heavy atom. The minimum Gasteiger partial charge on any atom is -0.393 e. The van der Waals surface area contributed by atoms with Gasteiger partial charge in [-0.2, -0.15) is 0 Å². The second-order valence-electron chi connectivity index (χ2n) is 4.75. The molecule has 0 unspecified atom stereocenters. The molecule has 2 fully saturated rings. The number of hydrogen-bond acceptors (Lipinski definition) is 2. The number of thiocarbonyl (C=S) groups is 2. The van der Waals surface area contributed by atoms with Crippen LogP contribution in [-0.2, 0) is 0 Å². The van der Waals surface area contributed by atoms with Gasteiger partial charge in [0, 0.05) is 0 Å². The number of rotatable bonds is 3. The minimum absolute atomic E-state index is 0.000000000000000666. The highest BCUT2D eigenvalue weighted by Gasteiger charge is 2.51. The van der Waals surface area contributed by atoms with Crippen LogP contribution in [0.2, 0.25) is 0 Å². The van der Waals surface area contributed by atoms with Crippen molar-refractivity contribution in [1.29, 1.82) is 0 Å². The first-order valence-electron chi connectivity index (χ1n) is 5.14. The molecule has 2 aliphatic carbocycles. The molecule has 2 bridgehead atoms. The fraction of sp³-hybridized carbons (Fsp3) is 0.800. The molecule has 0 heterocycles. The molecule has 2 nitrogen and oxygen atoms in total. The summed E-state index contributed by atoms with van der Waals surface area (Å²) < 4.78 is 0. The molecule has 4 N–H and O–H groups in total. The Bertz CT molecular complexity index is 266. The Labute approximate surface area is 95.4 Å². The summed E-state index contributed by atoms with van der Waals surface area (Å²) in [5, 5.41) is 0. The van der Waals surface area contributed by atoms with Gasteiger partial charge >= 0.3 is 0 Å². The molecular weight excluding hydrogens is 212 g/mol. The molecule has 0 aromatic heterocycles. The maximum atomic E-state index is 5.76. The van der Waals surface area contributed by atoms with Gasteiger partial charge < -0.3 is 11.5 Å². The van der Waals surface area contributed by atoms with E-state index in [4.69, 9.17) is 35.9 Å². The van der Waals surface area contributed by atoms with Crippen LogP contribution in [0.25, 0.3) is 0 Å². The molecule has 2 saturated carbocycles. The summed E-state index contributed by atoms with van der Waals surface area (Å²) in [5.41, 5.74) is 11.8. The predicted molar refractivity (Wildman–Crippen MR) is 66.1 cm³/mol. The molecule has 4 heteroatoms. The molecule has 2 rings (SSSR count). The lowest BCUT2D eigenvalue weighted by atomic mass is 9.72. The van der Waals surface area contributed by atoms with Gasteiger partial charge in [-0.05, 0) is 43.4 Å². The molecule has 0 aromatic rings. The highest BCUT2D eigenvalue weighted by atomic mass is 32.1. The van der Waals surface area contributed by atoms with Crippen LogP contribution in [0.4, 0.5) is 0 Å². The number of nitrogens with two attached hydrogens (primary N) is 2. The van der Waals surface area contributed by atoms with Gasteiger partial charge in [0.1, 0.15) is 0 Å². The first-order chi connectivity index (χ1) is 6.55. The molecule has 0 spiro atoms. The lowest BCUT2D eigenvalue weighted by molar-refractivity contribution is 0.270. The Morgan fingerprint density at radius 3 is 1.93 bits per heavy atom. The van der Waals surface area contributed by atoms with Gasteiger partial charge in [-0.25, -0.2) is 0 Å². The standard InChI is InChI=1S/C10H16N2S2/c11-8(13)7(9(12)14)10-3-1-6(5-10)2-4-10/h6-7H,1-5H2,(H2,11,13)(H2,12,14). The van der Waals surface area contributed by atoms with Crippen molar-refractivity contribution >= 4 is 34.4 Å². The van der Waals surface area contributed by atoms with E-state index in [-0.39, 0.29) is 11.3 Å². The van der Waals surface area contributed by atoms with Crippen molar-refractivity contribution in [2.45, 2.75) is 32.1 Å². The smallest absolute Gasteiger partial charge is 0.0832 e. The molecular formula is C10H16N2S2.